The molecule has 2 N–H and O–H groups in total. The van der Waals surface area contributed by atoms with Crippen molar-refractivity contribution in [1.29, 1.82) is 0 Å². The number of anilines is 1. The molecule has 1 rings (SSSR count). The molecule has 1 heterocycles. The van der Waals surface area contributed by atoms with Crippen molar-refractivity contribution in [1.82, 2.24) is 10.3 Å². The van der Waals surface area contributed by atoms with Gasteiger partial charge in [-0.05, 0) is 28.4 Å². The van der Waals surface area contributed by atoms with Gasteiger partial charge in [-0.15, -0.1) is 0 Å². The van der Waals surface area contributed by atoms with E-state index in [1.807, 2.05) is 13.0 Å². The molecule has 0 aromatic carbocycles. The Morgan fingerprint density at radius 2 is 2.31 bits per heavy atom. The lowest BCUT2D eigenvalue weighted by Crippen LogP contribution is -2.25. The molecule has 0 spiro atoms. The van der Waals surface area contributed by atoms with Crippen molar-refractivity contribution in [2.24, 2.45) is 0 Å². The molecule has 0 fully saturated rings. The predicted molar refractivity (Wildman–Crippen MR) is 68.3 cm³/mol. The van der Waals surface area contributed by atoms with Gasteiger partial charge in [-0.1, -0.05) is 6.92 Å². The third-order valence-corrected chi connectivity index (χ3v) is 2.64. The lowest BCUT2D eigenvalue weighted by Gasteiger charge is -2.07. The molecule has 16 heavy (non-hydrogen) atoms. The summed E-state index contributed by atoms with van der Waals surface area (Å²) < 4.78 is 0.906. The lowest BCUT2D eigenvalue weighted by atomic mass is 10.3. The van der Waals surface area contributed by atoms with Crippen LogP contribution in [-0.4, -0.2) is 24.0 Å². The number of pyridine rings is 1. The molecular weight excluding hydrogens is 270 g/mol. The van der Waals surface area contributed by atoms with Crippen LogP contribution in [0.2, 0.25) is 0 Å². The van der Waals surface area contributed by atoms with Crippen LogP contribution in [-0.2, 0) is 4.79 Å². The van der Waals surface area contributed by atoms with E-state index in [4.69, 9.17) is 0 Å². The second-order valence-corrected chi connectivity index (χ2v) is 4.24. The summed E-state index contributed by atoms with van der Waals surface area (Å²) in [6, 6.07) is 1.87. The van der Waals surface area contributed by atoms with Gasteiger partial charge in [0, 0.05) is 31.9 Å². The molecule has 0 saturated heterocycles. The van der Waals surface area contributed by atoms with Gasteiger partial charge in [-0.2, -0.15) is 0 Å². The van der Waals surface area contributed by atoms with Crippen LogP contribution in [0.4, 0.5) is 5.69 Å². The highest BCUT2D eigenvalue weighted by Gasteiger charge is 2.01. The maximum atomic E-state index is 11.3. The number of rotatable bonds is 6. The zero-order valence-electron chi connectivity index (χ0n) is 9.29. The Morgan fingerprint density at radius 1 is 1.50 bits per heavy atom. The van der Waals surface area contributed by atoms with E-state index < -0.39 is 0 Å². The normalized spacial score (nSPS) is 9.88. The van der Waals surface area contributed by atoms with Gasteiger partial charge in [0.1, 0.15) is 0 Å². The van der Waals surface area contributed by atoms with Crippen molar-refractivity contribution in [3.05, 3.63) is 22.9 Å². The maximum Gasteiger partial charge on any atom is 0.221 e. The minimum absolute atomic E-state index is 0.0829. The fraction of sp³-hybridized carbons (Fsp3) is 0.455. The Morgan fingerprint density at radius 3 is 3.00 bits per heavy atom. The zero-order chi connectivity index (χ0) is 11.8. The molecule has 5 heteroatoms. The Hall–Kier alpha value is -1.10. The van der Waals surface area contributed by atoms with E-state index in [0.29, 0.717) is 13.0 Å². The SMILES string of the molecule is CCCNC(=O)CCNc1ccncc1Br. The third-order valence-electron chi connectivity index (χ3n) is 2.01. The first kappa shape index (κ1) is 13.0. The highest BCUT2D eigenvalue weighted by atomic mass is 79.9. The molecule has 0 bridgehead atoms. The Labute approximate surface area is 104 Å². The van der Waals surface area contributed by atoms with Crippen LogP contribution in [0, 0.1) is 0 Å². The van der Waals surface area contributed by atoms with Crippen LogP contribution >= 0.6 is 15.9 Å². The van der Waals surface area contributed by atoms with Crippen LogP contribution in [0.25, 0.3) is 0 Å². The average molecular weight is 286 g/mol. The van der Waals surface area contributed by atoms with Crippen LogP contribution in [0.15, 0.2) is 22.9 Å². The number of hydrogen-bond acceptors (Lipinski definition) is 3. The number of nitrogens with one attached hydrogen (secondary N) is 2. The van der Waals surface area contributed by atoms with Crippen molar-refractivity contribution >= 4 is 27.5 Å². The summed E-state index contributed by atoms with van der Waals surface area (Å²) in [7, 11) is 0. The third kappa shape index (κ3) is 4.61. The fourth-order valence-corrected chi connectivity index (χ4v) is 1.57. The second kappa shape index (κ2) is 7.22. The molecule has 0 saturated carbocycles. The second-order valence-electron chi connectivity index (χ2n) is 3.38. The summed E-state index contributed by atoms with van der Waals surface area (Å²) in [5.74, 6) is 0.0829. The van der Waals surface area contributed by atoms with Gasteiger partial charge in [-0.3, -0.25) is 9.78 Å². The van der Waals surface area contributed by atoms with Crippen LogP contribution in [0.5, 0.6) is 0 Å². The molecule has 1 amide bonds. The molecule has 1 aromatic rings. The minimum atomic E-state index is 0.0829. The van der Waals surface area contributed by atoms with E-state index in [2.05, 4.69) is 31.5 Å². The number of carbonyl (C=O) groups is 1. The topological polar surface area (TPSA) is 54.0 Å². The zero-order valence-corrected chi connectivity index (χ0v) is 10.9. The van der Waals surface area contributed by atoms with Crippen molar-refractivity contribution in [2.75, 3.05) is 18.4 Å². The summed E-state index contributed by atoms with van der Waals surface area (Å²) in [5.41, 5.74) is 0.957. The van der Waals surface area contributed by atoms with Gasteiger partial charge in [0.2, 0.25) is 5.91 Å². The molecule has 0 aliphatic carbocycles. The van der Waals surface area contributed by atoms with E-state index in [0.717, 1.165) is 23.1 Å². The number of aromatic nitrogens is 1. The summed E-state index contributed by atoms with van der Waals surface area (Å²) in [4.78, 5) is 15.3. The standard InChI is InChI=1S/C11H16BrN3O/c1-2-5-15-11(16)4-7-14-10-3-6-13-8-9(10)12/h3,6,8H,2,4-5,7H2,1H3,(H,13,14)(H,15,16). The predicted octanol–water partition coefficient (Wildman–Crippen LogP) is 2.17. The largest absolute Gasteiger partial charge is 0.384 e. The summed E-state index contributed by atoms with van der Waals surface area (Å²) >= 11 is 3.38. The average Bonchev–Trinajstić information content (AvgIpc) is 2.29. The number of nitrogens with zero attached hydrogens (tertiary/aromatic N) is 1. The number of carbonyl (C=O) groups excluding carboxylic acids is 1. The van der Waals surface area contributed by atoms with E-state index >= 15 is 0 Å². The molecular formula is C11H16BrN3O. The summed E-state index contributed by atoms with van der Waals surface area (Å²) in [5, 5.41) is 6.00. The Balaban J connectivity index is 2.25. The molecule has 0 unspecified atom stereocenters. The molecule has 4 nitrogen and oxygen atoms in total. The number of halogens is 1. The van der Waals surface area contributed by atoms with Crippen molar-refractivity contribution in [2.45, 2.75) is 19.8 Å². The number of amides is 1. The highest BCUT2D eigenvalue weighted by Crippen LogP contribution is 2.19. The molecule has 0 aliphatic heterocycles. The van der Waals surface area contributed by atoms with E-state index in [1.54, 1.807) is 12.4 Å². The van der Waals surface area contributed by atoms with Crippen molar-refractivity contribution in [3.63, 3.8) is 0 Å². The first-order valence-electron chi connectivity index (χ1n) is 5.34. The van der Waals surface area contributed by atoms with Crippen molar-refractivity contribution < 1.29 is 4.79 Å². The Bertz CT molecular complexity index is 344. The van der Waals surface area contributed by atoms with Crippen molar-refractivity contribution in [3.8, 4) is 0 Å². The fourth-order valence-electron chi connectivity index (χ4n) is 1.18. The Kier molecular flexibility index (Phi) is 5.85. The first-order chi connectivity index (χ1) is 7.74. The molecule has 0 aliphatic rings. The smallest absolute Gasteiger partial charge is 0.221 e. The maximum absolute atomic E-state index is 11.3. The molecule has 0 atom stereocenters. The van der Waals surface area contributed by atoms with Crippen LogP contribution in [0.1, 0.15) is 19.8 Å². The van der Waals surface area contributed by atoms with Gasteiger partial charge in [0.15, 0.2) is 0 Å². The molecule has 88 valence electrons. The molecule has 1 aromatic heterocycles. The quantitative estimate of drug-likeness (QED) is 0.842. The summed E-state index contributed by atoms with van der Waals surface area (Å²) in [6.07, 6.45) is 4.88. The lowest BCUT2D eigenvalue weighted by molar-refractivity contribution is -0.120. The van der Waals surface area contributed by atoms with Gasteiger partial charge in [-0.25, -0.2) is 0 Å². The minimum Gasteiger partial charge on any atom is -0.384 e. The highest BCUT2D eigenvalue weighted by molar-refractivity contribution is 9.10. The first-order valence-corrected chi connectivity index (χ1v) is 6.13. The van der Waals surface area contributed by atoms with Gasteiger partial charge in [0.25, 0.3) is 0 Å². The van der Waals surface area contributed by atoms with Crippen LogP contribution in [0.3, 0.4) is 0 Å². The van der Waals surface area contributed by atoms with Crippen LogP contribution < -0.4 is 10.6 Å². The van der Waals surface area contributed by atoms with Gasteiger partial charge in [0.05, 0.1) is 10.2 Å². The summed E-state index contributed by atoms with van der Waals surface area (Å²) in [6.45, 7) is 3.41. The van der Waals surface area contributed by atoms with E-state index in [9.17, 15) is 4.79 Å². The van der Waals surface area contributed by atoms with Gasteiger partial charge >= 0.3 is 0 Å². The van der Waals surface area contributed by atoms with E-state index in [1.165, 1.54) is 0 Å². The molecule has 0 radical (unpaired) electrons. The monoisotopic (exact) mass is 285 g/mol. The van der Waals surface area contributed by atoms with E-state index in [-0.39, 0.29) is 5.91 Å². The van der Waals surface area contributed by atoms with Gasteiger partial charge < -0.3 is 10.6 Å². The number of hydrogen-bond donors (Lipinski definition) is 2.